The molecule has 5 heteroatoms. The summed E-state index contributed by atoms with van der Waals surface area (Å²) >= 11 is 3.37. The van der Waals surface area contributed by atoms with Gasteiger partial charge in [-0.15, -0.1) is 0 Å². The molecule has 0 amide bonds. The average Bonchev–Trinajstić information content (AvgIpc) is 2.66. The zero-order valence-electron chi connectivity index (χ0n) is 9.53. The number of benzene rings is 1. The normalized spacial score (nSPS) is 10.8. The summed E-state index contributed by atoms with van der Waals surface area (Å²) in [6.45, 7) is 2.26. The van der Waals surface area contributed by atoms with Crippen molar-refractivity contribution < 1.29 is 0 Å². The van der Waals surface area contributed by atoms with Gasteiger partial charge in [0.15, 0.2) is 0 Å². The van der Waals surface area contributed by atoms with E-state index >= 15 is 0 Å². The van der Waals surface area contributed by atoms with Gasteiger partial charge >= 0.3 is 0 Å². The Balaban J connectivity index is 2.56. The molecule has 0 spiro atoms. The standard InChI is InChI=1S/C12H14BrN3O/c1-2-11-10(7-14)12(17)16(15-11)9-5-3-8(13)4-6-9/h3-6,15H,2,7,14H2,1H3. The van der Waals surface area contributed by atoms with Crippen molar-refractivity contribution in [3.8, 4) is 5.69 Å². The summed E-state index contributed by atoms with van der Waals surface area (Å²) in [7, 11) is 0. The van der Waals surface area contributed by atoms with Crippen molar-refractivity contribution in [1.82, 2.24) is 9.78 Å². The molecule has 0 aliphatic rings. The lowest BCUT2D eigenvalue weighted by Gasteiger charge is -2.01. The van der Waals surface area contributed by atoms with Gasteiger partial charge in [-0.25, -0.2) is 4.68 Å². The van der Waals surface area contributed by atoms with Gasteiger partial charge in [0, 0.05) is 16.7 Å². The number of nitrogens with two attached hydrogens (primary N) is 1. The molecule has 2 aromatic rings. The summed E-state index contributed by atoms with van der Waals surface area (Å²) in [5, 5.41) is 3.10. The molecule has 0 radical (unpaired) electrons. The molecule has 3 N–H and O–H groups in total. The summed E-state index contributed by atoms with van der Waals surface area (Å²) in [6, 6.07) is 7.55. The van der Waals surface area contributed by atoms with E-state index in [1.54, 1.807) is 0 Å². The van der Waals surface area contributed by atoms with Crippen LogP contribution in [0.4, 0.5) is 0 Å². The Morgan fingerprint density at radius 3 is 2.47 bits per heavy atom. The molecular weight excluding hydrogens is 282 g/mol. The van der Waals surface area contributed by atoms with Crippen LogP contribution in [0.25, 0.3) is 5.69 Å². The van der Waals surface area contributed by atoms with Crippen LogP contribution in [0.5, 0.6) is 0 Å². The van der Waals surface area contributed by atoms with Crippen LogP contribution in [-0.2, 0) is 13.0 Å². The summed E-state index contributed by atoms with van der Waals surface area (Å²) in [6.07, 6.45) is 0.769. The maximum Gasteiger partial charge on any atom is 0.275 e. The van der Waals surface area contributed by atoms with Crippen LogP contribution >= 0.6 is 15.9 Å². The number of aromatic nitrogens is 2. The predicted molar refractivity (Wildman–Crippen MR) is 71.4 cm³/mol. The Morgan fingerprint density at radius 2 is 2.00 bits per heavy atom. The minimum Gasteiger partial charge on any atom is -0.326 e. The summed E-state index contributed by atoms with van der Waals surface area (Å²) in [5.74, 6) is 0. The first-order valence-electron chi connectivity index (χ1n) is 5.46. The van der Waals surface area contributed by atoms with E-state index in [0.29, 0.717) is 5.56 Å². The third-order valence-corrected chi connectivity index (χ3v) is 3.24. The van der Waals surface area contributed by atoms with Crippen LogP contribution in [0.2, 0.25) is 0 Å². The first-order chi connectivity index (χ1) is 8.17. The van der Waals surface area contributed by atoms with E-state index in [2.05, 4.69) is 21.0 Å². The Bertz CT molecular complexity index is 568. The van der Waals surface area contributed by atoms with Gasteiger partial charge in [-0.05, 0) is 30.7 Å². The van der Waals surface area contributed by atoms with Gasteiger partial charge in [-0.2, -0.15) is 0 Å². The fraction of sp³-hybridized carbons (Fsp3) is 0.250. The highest BCUT2D eigenvalue weighted by atomic mass is 79.9. The van der Waals surface area contributed by atoms with E-state index in [-0.39, 0.29) is 12.1 Å². The molecule has 1 aromatic carbocycles. The van der Waals surface area contributed by atoms with Crippen molar-refractivity contribution in [1.29, 1.82) is 0 Å². The first-order valence-corrected chi connectivity index (χ1v) is 6.25. The molecule has 4 nitrogen and oxygen atoms in total. The Morgan fingerprint density at radius 1 is 1.35 bits per heavy atom. The van der Waals surface area contributed by atoms with Crippen LogP contribution in [-0.4, -0.2) is 9.78 Å². The number of nitrogens with one attached hydrogen (secondary N) is 1. The number of aromatic amines is 1. The highest BCUT2D eigenvalue weighted by molar-refractivity contribution is 9.10. The number of halogens is 1. The number of aryl methyl sites for hydroxylation is 1. The quantitative estimate of drug-likeness (QED) is 0.909. The van der Waals surface area contributed by atoms with Crippen molar-refractivity contribution >= 4 is 15.9 Å². The minimum absolute atomic E-state index is 0.0633. The molecule has 17 heavy (non-hydrogen) atoms. The number of H-pyrrole nitrogens is 1. The molecule has 0 aliphatic carbocycles. The molecule has 1 aromatic heterocycles. The zero-order chi connectivity index (χ0) is 12.4. The second-order valence-electron chi connectivity index (χ2n) is 3.74. The number of hydrogen-bond donors (Lipinski definition) is 2. The molecule has 2 rings (SSSR count). The van der Waals surface area contributed by atoms with Crippen molar-refractivity contribution in [2.75, 3.05) is 0 Å². The van der Waals surface area contributed by atoms with E-state index in [0.717, 1.165) is 22.3 Å². The largest absolute Gasteiger partial charge is 0.326 e. The zero-order valence-corrected chi connectivity index (χ0v) is 11.1. The minimum atomic E-state index is -0.0633. The third-order valence-electron chi connectivity index (χ3n) is 2.71. The van der Waals surface area contributed by atoms with Gasteiger partial charge in [0.1, 0.15) is 0 Å². The Hall–Kier alpha value is -1.33. The SMILES string of the molecule is CCc1[nH]n(-c2ccc(Br)cc2)c(=O)c1CN. The van der Waals surface area contributed by atoms with Crippen LogP contribution in [0.1, 0.15) is 18.2 Å². The second-order valence-corrected chi connectivity index (χ2v) is 4.66. The van der Waals surface area contributed by atoms with Gasteiger partial charge in [0.05, 0.1) is 11.3 Å². The van der Waals surface area contributed by atoms with Crippen LogP contribution < -0.4 is 11.3 Å². The second kappa shape index (κ2) is 4.89. The maximum absolute atomic E-state index is 12.1. The Labute approximate surface area is 108 Å². The van der Waals surface area contributed by atoms with E-state index in [1.807, 2.05) is 31.2 Å². The molecule has 0 saturated carbocycles. The van der Waals surface area contributed by atoms with Crippen LogP contribution in [0.3, 0.4) is 0 Å². The number of rotatable bonds is 3. The van der Waals surface area contributed by atoms with Gasteiger partial charge in [-0.3, -0.25) is 9.89 Å². The van der Waals surface area contributed by atoms with Crippen molar-refractivity contribution in [2.24, 2.45) is 5.73 Å². The third kappa shape index (κ3) is 2.21. The molecular formula is C12H14BrN3O. The lowest BCUT2D eigenvalue weighted by Crippen LogP contribution is -2.19. The van der Waals surface area contributed by atoms with E-state index < -0.39 is 0 Å². The first kappa shape index (κ1) is 12.1. The molecule has 0 unspecified atom stereocenters. The predicted octanol–water partition coefficient (Wildman–Crippen LogP) is 1.95. The van der Waals surface area contributed by atoms with Gasteiger partial charge in [0.25, 0.3) is 5.56 Å². The Kier molecular flexibility index (Phi) is 3.49. The topological polar surface area (TPSA) is 63.8 Å². The number of nitrogens with zero attached hydrogens (tertiary/aromatic N) is 1. The highest BCUT2D eigenvalue weighted by Gasteiger charge is 2.12. The van der Waals surface area contributed by atoms with Crippen molar-refractivity contribution in [3.05, 3.63) is 50.3 Å². The number of hydrogen-bond acceptors (Lipinski definition) is 2. The van der Waals surface area contributed by atoms with Gasteiger partial charge < -0.3 is 5.73 Å². The van der Waals surface area contributed by atoms with E-state index in [9.17, 15) is 4.79 Å². The average molecular weight is 296 g/mol. The van der Waals surface area contributed by atoms with E-state index in [1.165, 1.54) is 4.68 Å². The van der Waals surface area contributed by atoms with Gasteiger partial charge in [-0.1, -0.05) is 22.9 Å². The summed E-state index contributed by atoms with van der Waals surface area (Å²) in [5.41, 5.74) is 7.92. The summed E-state index contributed by atoms with van der Waals surface area (Å²) in [4.78, 5) is 12.1. The molecule has 0 fully saturated rings. The lowest BCUT2D eigenvalue weighted by molar-refractivity contribution is 0.819. The van der Waals surface area contributed by atoms with Crippen molar-refractivity contribution in [3.63, 3.8) is 0 Å². The molecule has 0 atom stereocenters. The lowest BCUT2D eigenvalue weighted by atomic mass is 10.2. The molecule has 0 aliphatic heterocycles. The summed E-state index contributed by atoms with van der Waals surface area (Å²) < 4.78 is 2.52. The molecule has 0 bridgehead atoms. The maximum atomic E-state index is 12.1. The molecule has 1 heterocycles. The fourth-order valence-corrected chi connectivity index (χ4v) is 2.06. The monoisotopic (exact) mass is 295 g/mol. The van der Waals surface area contributed by atoms with Crippen LogP contribution in [0.15, 0.2) is 33.5 Å². The van der Waals surface area contributed by atoms with Crippen molar-refractivity contribution in [2.45, 2.75) is 19.9 Å². The van der Waals surface area contributed by atoms with Gasteiger partial charge in [0.2, 0.25) is 0 Å². The fourth-order valence-electron chi connectivity index (χ4n) is 1.79. The molecule has 0 saturated heterocycles. The smallest absolute Gasteiger partial charge is 0.275 e. The van der Waals surface area contributed by atoms with E-state index in [4.69, 9.17) is 5.73 Å². The molecule has 90 valence electrons. The van der Waals surface area contributed by atoms with Crippen LogP contribution in [0, 0.1) is 0 Å². The highest BCUT2D eigenvalue weighted by Crippen LogP contribution is 2.13.